The van der Waals surface area contributed by atoms with Gasteiger partial charge in [-0.05, 0) is 12.8 Å². The third kappa shape index (κ3) is 0.904. The van der Waals surface area contributed by atoms with Crippen LogP contribution in [-0.2, 0) is 0 Å². The summed E-state index contributed by atoms with van der Waals surface area (Å²) in [6.07, 6.45) is 5.37. The van der Waals surface area contributed by atoms with E-state index in [1.54, 1.807) is 0 Å². The molecular weight excluding hydrogens is 92.1 g/mol. The summed E-state index contributed by atoms with van der Waals surface area (Å²) in [5, 5.41) is 0.630. The Bertz CT molecular complexity index is 37.2. The minimum Gasteiger partial charge on any atom is -0.0904 e. The second-order valence-electron chi connectivity index (χ2n) is 1.91. The Morgan fingerprint density at radius 2 is 1.67 bits per heavy atom. The van der Waals surface area contributed by atoms with Gasteiger partial charge in [0.2, 0.25) is 0 Å². The molecule has 0 aromatic carbocycles. The average molecular weight is 101 g/mol. The van der Waals surface area contributed by atoms with Gasteiger partial charge >= 0.3 is 0 Å². The molecule has 0 unspecified atom stereocenters. The van der Waals surface area contributed by atoms with Crippen LogP contribution >= 0.6 is 12.6 Å². The van der Waals surface area contributed by atoms with E-state index in [2.05, 4.69) is 0 Å². The van der Waals surface area contributed by atoms with Crippen LogP contribution in [0.25, 0.3) is 0 Å². The van der Waals surface area contributed by atoms with Crippen molar-refractivity contribution in [1.82, 2.24) is 0 Å². The van der Waals surface area contributed by atoms with E-state index in [1.165, 1.54) is 25.7 Å². The predicted molar refractivity (Wildman–Crippen MR) is 29.8 cm³/mol. The van der Waals surface area contributed by atoms with Crippen LogP contribution in [0.5, 0.6) is 0 Å². The van der Waals surface area contributed by atoms with Gasteiger partial charge in [0, 0.05) is 5.25 Å². The summed E-state index contributed by atoms with van der Waals surface area (Å²) in [4.78, 5) is 0. The summed E-state index contributed by atoms with van der Waals surface area (Å²) in [5.41, 5.74) is 0. The first kappa shape index (κ1) is 4.51. The maximum Gasteiger partial charge on any atom is 0.0151 e. The fraction of sp³-hybridized carbons (Fsp3) is 1.00. The first-order valence-electron chi connectivity index (χ1n) is 2.55. The first-order chi connectivity index (χ1) is 2.89. The third-order valence-corrected chi connectivity index (χ3v) is 1.77. The summed E-state index contributed by atoms with van der Waals surface area (Å²) >= 11 is 5.00. The van der Waals surface area contributed by atoms with Crippen LogP contribution in [0.1, 0.15) is 25.7 Å². The highest BCUT2D eigenvalue weighted by Gasteiger charge is 2.09. The van der Waals surface area contributed by atoms with Gasteiger partial charge in [-0.2, -0.15) is 0 Å². The minimum atomic E-state index is 0.630. The van der Waals surface area contributed by atoms with Crippen molar-refractivity contribution in [2.45, 2.75) is 30.9 Å². The van der Waals surface area contributed by atoms with E-state index in [9.17, 15) is 0 Å². The van der Waals surface area contributed by atoms with Crippen molar-refractivity contribution in [2.75, 3.05) is 0 Å². The van der Waals surface area contributed by atoms with E-state index < -0.39 is 0 Å². The number of rotatable bonds is 0. The fourth-order valence-electron chi connectivity index (χ4n) is 0.888. The molecule has 0 heterocycles. The van der Waals surface area contributed by atoms with Crippen LogP contribution in [-0.4, -0.2) is 5.25 Å². The van der Waals surface area contributed by atoms with Gasteiger partial charge in [-0.25, -0.2) is 0 Å². The second-order valence-corrected chi connectivity index (χ2v) is 2.57. The maximum atomic E-state index is 5.00. The van der Waals surface area contributed by atoms with Gasteiger partial charge < -0.3 is 0 Å². The van der Waals surface area contributed by atoms with Gasteiger partial charge in [-0.1, -0.05) is 25.5 Å². The molecule has 0 spiro atoms. The third-order valence-electron chi connectivity index (χ3n) is 1.30. The molecule has 1 rings (SSSR count). The SMILES string of the molecule is [S]C1CCCC1. The van der Waals surface area contributed by atoms with Crippen LogP contribution in [0.4, 0.5) is 0 Å². The van der Waals surface area contributed by atoms with E-state index in [0.717, 1.165) is 0 Å². The van der Waals surface area contributed by atoms with Crippen molar-refractivity contribution in [1.29, 1.82) is 0 Å². The first-order valence-corrected chi connectivity index (χ1v) is 3.02. The predicted octanol–water partition coefficient (Wildman–Crippen LogP) is 2.13. The molecule has 0 nitrogen and oxygen atoms in total. The van der Waals surface area contributed by atoms with Crippen molar-refractivity contribution in [2.24, 2.45) is 0 Å². The smallest absolute Gasteiger partial charge is 0.0151 e. The lowest BCUT2D eigenvalue weighted by molar-refractivity contribution is 0.886. The Morgan fingerprint density at radius 3 is 1.83 bits per heavy atom. The zero-order valence-corrected chi connectivity index (χ0v) is 4.63. The highest BCUT2D eigenvalue weighted by atomic mass is 32.1. The molecule has 35 valence electrons. The second kappa shape index (κ2) is 1.87. The molecule has 1 heteroatoms. The standard InChI is InChI=1S/C5H9S/c6-5-3-1-2-4-5/h5H,1-4H2. The van der Waals surface area contributed by atoms with Crippen LogP contribution in [0.15, 0.2) is 0 Å². The highest BCUT2D eigenvalue weighted by molar-refractivity contribution is 7.80. The van der Waals surface area contributed by atoms with Crippen molar-refractivity contribution in [3.05, 3.63) is 0 Å². The zero-order valence-electron chi connectivity index (χ0n) is 3.81. The zero-order chi connectivity index (χ0) is 4.41. The van der Waals surface area contributed by atoms with Crippen molar-refractivity contribution >= 4 is 12.6 Å². The van der Waals surface area contributed by atoms with E-state index in [-0.39, 0.29) is 0 Å². The summed E-state index contributed by atoms with van der Waals surface area (Å²) < 4.78 is 0. The maximum absolute atomic E-state index is 5.00. The van der Waals surface area contributed by atoms with Crippen LogP contribution in [0, 0.1) is 0 Å². The molecule has 1 fully saturated rings. The van der Waals surface area contributed by atoms with Crippen molar-refractivity contribution in [3.8, 4) is 0 Å². The molecule has 0 saturated heterocycles. The van der Waals surface area contributed by atoms with Crippen LogP contribution < -0.4 is 0 Å². The monoisotopic (exact) mass is 101 g/mol. The lowest BCUT2D eigenvalue weighted by Gasteiger charge is -1.88. The van der Waals surface area contributed by atoms with E-state index in [0.29, 0.717) is 5.25 Å². The fourth-order valence-corrected chi connectivity index (χ4v) is 1.22. The van der Waals surface area contributed by atoms with E-state index in [4.69, 9.17) is 12.6 Å². The molecule has 1 saturated carbocycles. The molecular formula is C5H9S. The lowest BCUT2D eigenvalue weighted by atomic mass is 10.4. The molecule has 1 aliphatic rings. The van der Waals surface area contributed by atoms with Crippen LogP contribution in [0.3, 0.4) is 0 Å². The number of hydrogen-bond donors (Lipinski definition) is 0. The lowest BCUT2D eigenvalue weighted by Crippen LogP contribution is -1.83. The molecule has 0 atom stereocenters. The summed E-state index contributed by atoms with van der Waals surface area (Å²) in [7, 11) is 0. The molecule has 0 bridgehead atoms. The van der Waals surface area contributed by atoms with Crippen molar-refractivity contribution in [3.63, 3.8) is 0 Å². The Balaban J connectivity index is 2.18. The Morgan fingerprint density at radius 1 is 1.17 bits per heavy atom. The molecule has 0 N–H and O–H groups in total. The largest absolute Gasteiger partial charge is 0.0904 e. The highest BCUT2D eigenvalue weighted by Crippen LogP contribution is 2.21. The van der Waals surface area contributed by atoms with Gasteiger partial charge in [0.05, 0.1) is 0 Å². The normalized spacial score (nSPS) is 25.5. The topological polar surface area (TPSA) is 0 Å². The minimum absolute atomic E-state index is 0.630. The van der Waals surface area contributed by atoms with Gasteiger partial charge in [-0.15, -0.1) is 0 Å². The van der Waals surface area contributed by atoms with Gasteiger partial charge in [0.15, 0.2) is 0 Å². The van der Waals surface area contributed by atoms with Gasteiger partial charge in [0.25, 0.3) is 0 Å². The number of hydrogen-bond acceptors (Lipinski definition) is 0. The Hall–Kier alpha value is 0.350. The molecule has 1 aliphatic carbocycles. The molecule has 0 aromatic rings. The molecule has 0 aromatic heterocycles. The van der Waals surface area contributed by atoms with E-state index in [1.807, 2.05) is 0 Å². The quantitative estimate of drug-likeness (QED) is 0.438. The average Bonchev–Trinajstić information content (AvgIpc) is 1.86. The molecule has 6 heavy (non-hydrogen) atoms. The Kier molecular flexibility index (Phi) is 1.41. The molecule has 0 amide bonds. The van der Waals surface area contributed by atoms with Crippen LogP contribution in [0.2, 0.25) is 0 Å². The van der Waals surface area contributed by atoms with Crippen molar-refractivity contribution < 1.29 is 0 Å². The molecule has 1 radical (unpaired) electrons. The van der Waals surface area contributed by atoms with Gasteiger partial charge in [-0.3, -0.25) is 0 Å². The van der Waals surface area contributed by atoms with Gasteiger partial charge in [0.1, 0.15) is 0 Å². The summed E-state index contributed by atoms with van der Waals surface area (Å²) in [6.45, 7) is 0. The Labute approximate surface area is 44.3 Å². The van der Waals surface area contributed by atoms with E-state index >= 15 is 0 Å². The molecule has 0 aliphatic heterocycles. The summed E-state index contributed by atoms with van der Waals surface area (Å²) in [5.74, 6) is 0. The summed E-state index contributed by atoms with van der Waals surface area (Å²) in [6, 6.07) is 0.